The molecule has 0 radical (unpaired) electrons. The van der Waals surface area contributed by atoms with Crippen molar-refractivity contribution in [3.05, 3.63) is 142 Å². The van der Waals surface area contributed by atoms with Crippen molar-refractivity contribution in [3.8, 4) is 17.2 Å². The molecular weight excluding hydrogens is 854 g/mol. The zero-order valence-electron chi connectivity index (χ0n) is 36.4. The predicted octanol–water partition coefficient (Wildman–Crippen LogP) is 14.3. The summed E-state index contributed by atoms with van der Waals surface area (Å²) in [6, 6.07) is 32.7. The van der Waals surface area contributed by atoms with Gasteiger partial charge in [0.15, 0.2) is 0 Å². The molecule has 5 aromatic carbocycles. The van der Waals surface area contributed by atoms with E-state index in [2.05, 4.69) is 12.2 Å². The molecule has 5 rings (SSSR count). The topological polar surface area (TPSA) is 108 Å². The number of hydrogen-bond donors (Lipinski definition) is 1. The lowest BCUT2D eigenvalue weighted by molar-refractivity contribution is -0.120. The molecule has 11 heteroatoms. The molecule has 0 spiro atoms. The Bertz CT molecular complexity index is 2250. The van der Waals surface area contributed by atoms with Crippen LogP contribution in [0.4, 0.5) is 5.69 Å². The lowest BCUT2D eigenvalue weighted by atomic mass is 10.0. The second-order valence-electron chi connectivity index (χ2n) is 15.8. The normalized spacial score (nSPS) is 11.8. The molecule has 1 amide bonds. The molecule has 0 aliphatic rings. The van der Waals surface area contributed by atoms with Gasteiger partial charge in [-0.25, -0.2) is 8.42 Å². The Hall–Kier alpha value is -4.83. The highest BCUT2D eigenvalue weighted by atomic mass is 35.5. The second kappa shape index (κ2) is 26.7. The molecule has 63 heavy (non-hydrogen) atoms. The van der Waals surface area contributed by atoms with E-state index in [1.165, 1.54) is 132 Å². The van der Waals surface area contributed by atoms with Crippen LogP contribution < -0.4 is 19.5 Å². The highest BCUT2D eigenvalue weighted by molar-refractivity contribution is 7.91. The van der Waals surface area contributed by atoms with E-state index in [0.717, 1.165) is 24.8 Å². The van der Waals surface area contributed by atoms with Crippen LogP contribution in [0, 0.1) is 0 Å². The first kappa shape index (κ1) is 49.2. The van der Waals surface area contributed by atoms with Crippen molar-refractivity contribution in [1.29, 1.82) is 0 Å². The number of para-hydroxylation sites is 1. The quantitative estimate of drug-likeness (QED) is 0.0289. The van der Waals surface area contributed by atoms with E-state index in [1.807, 2.05) is 30.3 Å². The summed E-state index contributed by atoms with van der Waals surface area (Å²) in [5.41, 5.74) is 1.35. The number of halogens is 2. The smallest absolute Gasteiger partial charge is 0.273 e. The molecule has 0 fully saturated rings. The van der Waals surface area contributed by atoms with Crippen LogP contribution in [0.3, 0.4) is 0 Å². The van der Waals surface area contributed by atoms with Crippen LogP contribution in [0.25, 0.3) is 0 Å². The molecule has 336 valence electrons. The third kappa shape index (κ3) is 16.3. The summed E-state index contributed by atoms with van der Waals surface area (Å²) >= 11 is 12.6. The average molecular weight is 915 g/mol. The van der Waals surface area contributed by atoms with Gasteiger partial charge in [0, 0.05) is 5.02 Å². The van der Waals surface area contributed by atoms with Crippen LogP contribution in [-0.4, -0.2) is 32.8 Å². The van der Waals surface area contributed by atoms with Gasteiger partial charge in [-0.05, 0) is 90.8 Å². The van der Waals surface area contributed by atoms with Gasteiger partial charge >= 0.3 is 0 Å². The molecule has 1 N–H and O–H groups in total. The Balaban J connectivity index is 1.16. The Labute approximate surface area is 384 Å². The third-order valence-electron chi connectivity index (χ3n) is 10.8. The van der Waals surface area contributed by atoms with Gasteiger partial charge in [-0.15, -0.1) is 0 Å². The van der Waals surface area contributed by atoms with Crippen molar-refractivity contribution in [1.82, 2.24) is 0 Å². The van der Waals surface area contributed by atoms with Crippen molar-refractivity contribution in [3.63, 3.8) is 0 Å². The van der Waals surface area contributed by atoms with Crippen LogP contribution in [0.15, 0.2) is 131 Å². The summed E-state index contributed by atoms with van der Waals surface area (Å²) in [4.78, 5) is 28.2. The molecular formula is C52H61Cl2NO7S. The lowest BCUT2D eigenvalue weighted by Gasteiger charge is -2.20. The molecule has 8 nitrogen and oxygen atoms in total. The first-order chi connectivity index (χ1) is 30.7. The van der Waals surface area contributed by atoms with E-state index in [0.29, 0.717) is 29.7 Å². The second-order valence-corrected chi connectivity index (χ2v) is 18.6. The molecule has 0 saturated carbocycles. The third-order valence-corrected chi connectivity index (χ3v) is 13.2. The Morgan fingerprint density at radius 1 is 0.587 bits per heavy atom. The number of unbranched alkanes of at least 4 members (excludes halogenated alkanes) is 15. The van der Waals surface area contributed by atoms with Crippen LogP contribution >= 0.6 is 23.2 Å². The summed E-state index contributed by atoms with van der Waals surface area (Å²) in [6.45, 7) is 3.02. The first-order valence-corrected chi connectivity index (χ1v) is 24.7. The summed E-state index contributed by atoms with van der Waals surface area (Å²) in [5.74, 6) is -0.497. The monoisotopic (exact) mass is 913 g/mol. The maximum atomic E-state index is 14.3. The maximum Gasteiger partial charge on any atom is 0.273 e. The van der Waals surface area contributed by atoms with Gasteiger partial charge in [-0.1, -0.05) is 169 Å². The minimum absolute atomic E-state index is 0.00123. The van der Waals surface area contributed by atoms with Crippen molar-refractivity contribution >= 4 is 50.4 Å². The van der Waals surface area contributed by atoms with Gasteiger partial charge < -0.3 is 19.5 Å². The number of hydrogen-bond acceptors (Lipinski definition) is 7. The molecule has 0 unspecified atom stereocenters. The van der Waals surface area contributed by atoms with E-state index < -0.39 is 27.6 Å². The van der Waals surface area contributed by atoms with Crippen LogP contribution in [0.2, 0.25) is 10.0 Å². The van der Waals surface area contributed by atoms with E-state index in [9.17, 15) is 18.0 Å². The zero-order chi connectivity index (χ0) is 44.7. The van der Waals surface area contributed by atoms with Gasteiger partial charge in [0.25, 0.3) is 5.91 Å². The summed E-state index contributed by atoms with van der Waals surface area (Å²) in [5, 5.41) is 3.22. The minimum atomic E-state index is -3.93. The van der Waals surface area contributed by atoms with Crippen LogP contribution in [-0.2, 0) is 21.2 Å². The number of amides is 1. The number of rotatable bonds is 29. The molecule has 0 bridgehead atoms. The number of anilines is 1. The summed E-state index contributed by atoms with van der Waals surface area (Å²) in [6.07, 6.45) is 18.6. The zero-order valence-corrected chi connectivity index (χ0v) is 38.7. The van der Waals surface area contributed by atoms with Crippen molar-refractivity contribution in [2.45, 2.75) is 132 Å². The number of benzene rings is 5. The number of nitrogens with one attached hydrogen (secondary N) is 1. The molecule has 1 atom stereocenters. The number of sulfone groups is 1. The fourth-order valence-electron chi connectivity index (χ4n) is 7.21. The molecule has 5 aromatic rings. The average Bonchev–Trinajstić information content (AvgIpc) is 3.30. The molecule has 0 aromatic heterocycles. The van der Waals surface area contributed by atoms with Crippen molar-refractivity contribution < 1.29 is 32.2 Å². The highest BCUT2D eigenvalue weighted by Crippen LogP contribution is 2.30. The van der Waals surface area contributed by atoms with E-state index in [1.54, 1.807) is 42.5 Å². The van der Waals surface area contributed by atoms with Crippen molar-refractivity contribution in [2.75, 3.05) is 11.9 Å². The number of ketones is 1. The Kier molecular flexibility index (Phi) is 20.9. The Morgan fingerprint density at radius 2 is 1.11 bits per heavy atom. The van der Waals surface area contributed by atoms with Crippen molar-refractivity contribution in [2.24, 2.45) is 0 Å². The molecule has 0 aliphatic heterocycles. The number of carbonyl (C=O) groups excluding carboxylic acids is 2. The van der Waals surface area contributed by atoms with Gasteiger partial charge in [0.05, 0.1) is 32.7 Å². The SMILES string of the molecule is CCCCCCCCCCCCCCCCCCOc1ccccc1C(=O)[C@@H](Oc1ccc(S(=O)(=O)c2ccc(OCc3ccccc3)cc2)cc1)C(=O)Nc1cc(Cl)ccc1Cl. The van der Waals surface area contributed by atoms with Crippen LogP contribution in [0.5, 0.6) is 17.2 Å². The summed E-state index contributed by atoms with van der Waals surface area (Å²) in [7, 11) is -3.93. The minimum Gasteiger partial charge on any atom is -0.493 e. The first-order valence-electron chi connectivity index (χ1n) is 22.5. The Morgan fingerprint density at radius 3 is 1.70 bits per heavy atom. The highest BCUT2D eigenvalue weighted by Gasteiger charge is 2.33. The van der Waals surface area contributed by atoms with Gasteiger partial charge in [-0.2, -0.15) is 0 Å². The van der Waals surface area contributed by atoms with Gasteiger partial charge in [-0.3, -0.25) is 9.59 Å². The van der Waals surface area contributed by atoms with Gasteiger partial charge in [0.2, 0.25) is 21.7 Å². The van der Waals surface area contributed by atoms with E-state index in [-0.39, 0.29) is 31.8 Å². The standard InChI is InChI=1S/C52H61Cl2NO7S/c1-2-3-4-5-6-7-8-9-10-11-12-13-14-15-16-22-37-60-49-26-21-20-25-46(49)50(56)51(52(57)55-48-38-41(53)27-36-47(48)54)62-43-30-34-45(35-31-43)63(58,59)44-32-28-42(29-33-44)61-39-40-23-18-17-19-24-40/h17-21,23-36,38,51H,2-16,22,37,39H2,1H3,(H,55,57)/t51-/m1/s1. The number of Topliss-reactive ketones (excluding diaryl/α,β-unsaturated/α-hetero) is 1. The van der Waals surface area contributed by atoms with Crippen LogP contribution in [0.1, 0.15) is 126 Å². The fourth-order valence-corrected chi connectivity index (χ4v) is 8.81. The molecule has 0 saturated heterocycles. The fraction of sp³-hybridized carbons (Fsp3) is 0.385. The van der Waals surface area contributed by atoms with E-state index >= 15 is 0 Å². The number of ether oxygens (including phenoxy) is 3. The van der Waals surface area contributed by atoms with Gasteiger partial charge in [0.1, 0.15) is 23.9 Å². The predicted molar refractivity (Wildman–Crippen MR) is 254 cm³/mol. The lowest BCUT2D eigenvalue weighted by Crippen LogP contribution is -2.40. The number of carbonyl (C=O) groups is 2. The van der Waals surface area contributed by atoms with E-state index in [4.69, 9.17) is 37.4 Å². The maximum absolute atomic E-state index is 14.3. The molecule has 0 aliphatic carbocycles. The largest absolute Gasteiger partial charge is 0.493 e. The molecule has 0 heterocycles. The summed E-state index contributed by atoms with van der Waals surface area (Å²) < 4.78 is 45.2.